The number of H-pyrrole nitrogens is 1. The van der Waals surface area contributed by atoms with E-state index in [1.807, 2.05) is 13.8 Å². The summed E-state index contributed by atoms with van der Waals surface area (Å²) in [6.45, 7) is 3.80. The lowest BCUT2D eigenvalue weighted by Crippen LogP contribution is -2.29. The van der Waals surface area contributed by atoms with Crippen molar-refractivity contribution in [2.75, 3.05) is 0 Å². The molecule has 0 aliphatic heterocycles. The summed E-state index contributed by atoms with van der Waals surface area (Å²) in [5.41, 5.74) is 2.91. The van der Waals surface area contributed by atoms with Crippen molar-refractivity contribution in [3.8, 4) is 0 Å². The molecule has 4 heterocycles. The maximum absolute atomic E-state index is 13.4. The van der Waals surface area contributed by atoms with Crippen molar-refractivity contribution in [3.05, 3.63) is 68.9 Å². The number of pyridine rings is 1. The molecule has 0 bridgehead atoms. The number of nitrogens with zero attached hydrogens (tertiary/aromatic N) is 5. The van der Waals surface area contributed by atoms with E-state index in [9.17, 15) is 9.59 Å². The summed E-state index contributed by atoms with van der Waals surface area (Å²) in [6, 6.07) is 8.13. The van der Waals surface area contributed by atoms with Crippen LogP contribution in [0.3, 0.4) is 0 Å². The van der Waals surface area contributed by atoms with Crippen molar-refractivity contribution >= 4 is 45.1 Å². The molecule has 1 aromatic carbocycles. The monoisotopic (exact) mass is 406 g/mol. The summed E-state index contributed by atoms with van der Waals surface area (Å²) < 4.78 is 2.75. The predicted octanol–water partition coefficient (Wildman–Crippen LogP) is 3.13. The van der Waals surface area contributed by atoms with Gasteiger partial charge in [-0.3, -0.25) is 14.7 Å². The van der Waals surface area contributed by atoms with E-state index in [4.69, 9.17) is 11.6 Å². The number of rotatable bonds is 2. The first-order chi connectivity index (χ1) is 14.0. The van der Waals surface area contributed by atoms with Gasteiger partial charge in [0, 0.05) is 28.5 Å². The highest BCUT2D eigenvalue weighted by molar-refractivity contribution is 6.30. The summed E-state index contributed by atoms with van der Waals surface area (Å²) in [5, 5.41) is 13.3. The SMILES string of the molecule is CCc1[nH]nc2ncc3c(=O)n(C(=O)c4ccc(Cl)cc4)c4cc(C)nn4c3c12. The van der Waals surface area contributed by atoms with Gasteiger partial charge in [-0.25, -0.2) is 14.1 Å². The summed E-state index contributed by atoms with van der Waals surface area (Å²) in [4.78, 5) is 30.9. The molecule has 5 rings (SSSR count). The third kappa shape index (κ3) is 2.49. The Bertz CT molecular complexity index is 1490. The minimum absolute atomic E-state index is 0.298. The number of carbonyl (C=O) groups is 1. The van der Waals surface area contributed by atoms with E-state index in [2.05, 4.69) is 20.3 Å². The van der Waals surface area contributed by atoms with Crippen molar-refractivity contribution in [2.24, 2.45) is 0 Å². The molecule has 5 aromatic rings. The van der Waals surface area contributed by atoms with Crippen LogP contribution in [0, 0.1) is 6.92 Å². The predicted molar refractivity (Wildman–Crippen MR) is 110 cm³/mol. The number of aryl methyl sites for hydroxylation is 2. The molecule has 0 atom stereocenters. The van der Waals surface area contributed by atoms with E-state index in [-0.39, 0.29) is 0 Å². The van der Waals surface area contributed by atoms with Crippen molar-refractivity contribution in [2.45, 2.75) is 20.3 Å². The molecule has 4 aromatic heterocycles. The quantitative estimate of drug-likeness (QED) is 0.485. The minimum Gasteiger partial charge on any atom is -0.280 e. The highest BCUT2D eigenvalue weighted by Crippen LogP contribution is 2.25. The summed E-state index contributed by atoms with van der Waals surface area (Å²) >= 11 is 5.93. The van der Waals surface area contributed by atoms with Gasteiger partial charge in [0.1, 0.15) is 5.65 Å². The van der Waals surface area contributed by atoms with E-state index in [0.717, 1.165) is 15.6 Å². The number of hydrogen-bond acceptors (Lipinski definition) is 5. The topological polar surface area (TPSA) is 97.9 Å². The Hall–Kier alpha value is -3.52. The number of halogens is 1. The molecule has 0 aliphatic rings. The summed E-state index contributed by atoms with van der Waals surface area (Å²) in [6.07, 6.45) is 2.13. The van der Waals surface area contributed by atoms with E-state index >= 15 is 0 Å². The van der Waals surface area contributed by atoms with Gasteiger partial charge < -0.3 is 0 Å². The van der Waals surface area contributed by atoms with Crippen LogP contribution >= 0.6 is 11.6 Å². The van der Waals surface area contributed by atoms with Crippen LogP contribution in [0.1, 0.15) is 28.7 Å². The van der Waals surface area contributed by atoms with Crippen LogP contribution in [0.25, 0.3) is 27.6 Å². The van der Waals surface area contributed by atoms with Crippen molar-refractivity contribution < 1.29 is 4.79 Å². The van der Waals surface area contributed by atoms with Crippen LogP contribution in [0.5, 0.6) is 0 Å². The normalized spacial score (nSPS) is 11.7. The van der Waals surface area contributed by atoms with Gasteiger partial charge in [-0.15, -0.1) is 0 Å². The largest absolute Gasteiger partial charge is 0.280 e. The number of benzene rings is 1. The van der Waals surface area contributed by atoms with Crippen LogP contribution in [-0.4, -0.2) is 35.3 Å². The Labute approximate surface area is 168 Å². The van der Waals surface area contributed by atoms with Crippen LogP contribution in [0.2, 0.25) is 5.02 Å². The summed E-state index contributed by atoms with van der Waals surface area (Å²) in [7, 11) is 0. The molecule has 0 radical (unpaired) electrons. The molecule has 9 heteroatoms. The fourth-order valence-electron chi connectivity index (χ4n) is 3.62. The number of hydrogen-bond donors (Lipinski definition) is 1. The lowest BCUT2D eigenvalue weighted by molar-refractivity contribution is 0.0960. The molecule has 0 amide bonds. The van der Waals surface area contributed by atoms with Gasteiger partial charge >= 0.3 is 0 Å². The van der Waals surface area contributed by atoms with Gasteiger partial charge in [-0.2, -0.15) is 10.2 Å². The average Bonchev–Trinajstić information content (AvgIpc) is 3.31. The highest BCUT2D eigenvalue weighted by atomic mass is 35.5. The zero-order valence-corrected chi connectivity index (χ0v) is 16.4. The van der Waals surface area contributed by atoms with E-state index in [0.29, 0.717) is 44.9 Å². The second kappa shape index (κ2) is 6.25. The maximum Gasteiger partial charge on any atom is 0.270 e. The lowest BCUT2D eigenvalue weighted by atomic mass is 10.1. The molecular formula is C20H15ClN6O2. The zero-order chi connectivity index (χ0) is 20.3. The molecule has 0 saturated carbocycles. The first-order valence-electron chi connectivity index (χ1n) is 9.07. The Kier molecular flexibility index (Phi) is 3.78. The van der Waals surface area contributed by atoms with E-state index < -0.39 is 11.5 Å². The zero-order valence-electron chi connectivity index (χ0n) is 15.6. The van der Waals surface area contributed by atoms with E-state index in [1.165, 1.54) is 6.20 Å². The number of carbonyl (C=O) groups excluding carboxylic acids is 1. The Balaban J connectivity index is 1.94. The van der Waals surface area contributed by atoms with Gasteiger partial charge in [0.2, 0.25) is 0 Å². The average molecular weight is 407 g/mol. The molecule has 0 unspecified atom stereocenters. The van der Waals surface area contributed by atoms with Crippen LogP contribution in [0.4, 0.5) is 0 Å². The number of aromatic nitrogens is 6. The maximum atomic E-state index is 13.4. The Morgan fingerprint density at radius 3 is 2.72 bits per heavy atom. The number of fused-ring (bicyclic) bond motifs is 5. The van der Waals surface area contributed by atoms with Gasteiger partial charge in [0.25, 0.3) is 11.5 Å². The smallest absolute Gasteiger partial charge is 0.270 e. The number of aromatic amines is 1. The van der Waals surface area contributed by atoms with Crippen LogP contribution < -0.4 is 5.56 Å². The Morgan fingerprint density at radius 2 is 2.00 bits per heavy atom. The molecule has 0 fully saturated rings. The van der Waals surface area contributed by atoms with Gasteiger partial charge in [0.05, 0.1) is 22.0 Å². The van der Waals surface area contributed by atoms with Gasteiger partial charge in [-0.1, -0.05) is 18.5 Å². The van der Waals surface area contributed by atoms with Crippen LogP contribution in [0.15, 0.2) is 41.3 Å². The van der Waals surface area contributed by atoms with Crippen LogP contribution in [-0.2, 0) is 6.42 Å². The fraction of sp³-hybridized carbons (Fsp3) is 0.150. The number of nitrogens with one attached hydrogen (secondary N) is 1. The molecular weight excluding hydrogens is 392 g/mol. The molecule has 1 N–H and O–H groups in total. The molecule has 0 spiro atoms. The van der Waals surface area contributed by atoms with Gasteiger partial charge in [-0.05, 0) is 37.6 Å². The van der Waals surface area contributed by atoms with Crippen molar-refractivity contribution in [1.29, 1.82) is 0 Å². The molecule has 29 heavy (non-hydrogen) atoms. The highest BCUT2D eigenvalue weighted by Gasteiger charge is 2.22. The van der Waals surface area contributed by atoms with Gasteiger partial charge in [0.15, 0.2) is 5.65 Å². The second-order valence-electron chi connectivity index (χ2n) is 6.78. The first-order valence-corrected chi connectivity index (χ1v) is 9.44. The van der Waals surface area contributed by atoms with Crippen molar-refractivity contribution in [1.82, 2.24) is 29.4 Å². The third-order valence-electron chi connectivity index (χ3n) is 4.96. The first kappa shape index (κ1) is 17.6. The van der Waals surface area contributed by atoms with E-state index in [1.54, 1.807) is 34.8 Å². The minimum atomic E-state index is -0.457. The fourth-order valence-corrected chi connectivity index (χ4v) is 3.74. The summed E-state index contributed by atoms with van der Waals surface area (Å²) in [5.74, 6) is -0.457. The lowest BCUT2D eigenvalue weighted by Gasteiger charge is -2.10. The second-order valence-corrected chi connectivity index (χ2v) is 7.22. The third-order valence-corrected chi connectivity index (χ3v) is 5.22. The molecule has 0 aliphatic carbocycles. The molecule has 144 valence electrons. The van der Waals surface area contributed by atoms with Crippen molar-refractivity contribution in [3.63, 3.8) is 0 Å². The Morgan fingerprint density at radius 1 is 1.24 bits per heavy atom. The molecule has 0 saturated heterocycles. The molecule has 8 nitrogen and oxygen atoms in total. The standard InChI is InChI=1S/C20H15ClN6O2/c1-3-14-16-17-13(9-22-18(16)24-23-14)20(29)26(15-8-10(2)25-27(15)17)19(28)11-4-6-12(21)7-5-11/h4-9H,3H2,1-2H3,(H,22,23,24).